The summed E-state index contributed by atoms with van der Waals surface area (Å²) in [4.78, 5) is 0. The van der Waals surface area contributed by atoms with Crippen LogP contribution in [0.25, 0.3) is 17.5 Å². The van der Waals surface area contributed by atoms with Crippen LogP contribution in [0.3, 0.4) is 0 Å². The van der Waals surface area contributed by atoms with E-state index in [-0.39, 0.29) is 12.3 Å². The number of furan rings is 1. The molecule has 3 heterocycles. The lowest BCUT2D eigenvalue weighted by Gasteiger charge is -2.32. The molecule has 31 heavy (non-hydrogen) atoms. The Morgan fingerprint density at radius 3 is 2.00 bits per heavy atom. The molecule has 5 rings (SSSR count). The number of aryl methyl sites for hydroxylation is 1. The first-order chi connectivity index (χ1) is 15.1. The van der Waals surface area contributed by atoms with E-state index in [9.17, 15) is 0 Å². The Hall–Kier alpha value is -3.86. The van der Waals surface area contributed by atoms with Gasteiger partial charge in [-0.25, -0.2) is 0 Å². The number of benzene rings is 2. The van der Waals surface area contributed by atoms with Gasteiger partial charge in [0.2, 0.25) is 0 Å². The molecule has 0 saturated heterocycles. The van der Waals surface area contributed by atoms with Gasteiger partial charge in [0.1, 0.15) is 11.5 Å². The molecular weight excluding hydrogens is 384 g/mol. The van der Waals surface area contributed by atoms with E-state index in [1.165, 1.54) is 5.56 Å². The molecule has 2 aromatic carbocycles. The van der Waals surface area contributed by atoms with Crippen molar-refractivity contribution >= 4 is 28.8 Å². The van der Waals surface area contributed by atoms with Crippen molar-refractivity contribution in [1.29, 1.82) is 0 Å². The van der Waals surface area contributed by atoms with Crippen LogP contribution in [0.4, 0.5) is 11.4 Å². The maximum absolute atomic E-state index is 6.25. The summed E-state index contributed by atoms with van der Waals surface area (Å²) in [7, 11) is 0. The highest BCUT2D eigenvalue weighted by Gasteiger charge is 2.28. The first-order valence-electron chi connectivity index (χ1n) is 10.5. The lowest BCUT2D eigenvalue weighted by molar-refractivity contribution is 0.404. The molecule has 2 atom stereocenters. The second kappa shape index (κ2) is 7.43. The SMILES string of the molecule is C=Cc1cccc2c1C(=C)NC(c1ccc(C3NC(=C)c4c(CC)cccc4N3)o1)N2. The lowest BCUT2D eigenvalue weighted by Crippen LogP contribution is -2.32. The van der Waals surface area contributed by atoms with Crippen molar-refractivity contribution in [2.45, 2.75) is 25.7 Å². The van der Waals surface area contributed by atoms with Gasteiger partial charge in [-0.2, -0.15) is 0 Å². The molecule has 0 bridgehead atoms. The first kappa shape index (κ1) is 19.1. The average molecular weight is 411 g/mol. The number of fused-ring (bicyclic) bond motifs is 2. The van der Waals surface area contributed by atoms with E-state index in [2.05, 4.69) is 66.1 Å². The van der Waals surface area contributed by atoms with E-state index < -0.39 is 0 Å². The van der Waals surface area contributed by atoms with Crippen LogP contribution in [0.5, 0.6) is 0 Å². The Balaban J connectivity index is 1.40. The standard InChI is InChI=1S/C26H26N4O/c1-5-17-9-7-11-19-23(17)15(3)27-25(29-19)21-13-14-22(31-21)26-28-16(4)24-18(6-2)10-8-12-20(24)30-26/h5,7-14,25-30H,1,3-4,6H2,2H3. The molecule has 0 radical (unpaired) electrons. The van der Waals surface area contributed by atoms with Crippen LogP contribution in [0.2, 0.25) is 0 Å². The third kappa shape index (κ3) is 3.19. The third-order valence-corrected chi connectivity index (χ3v) is 5.91. The minimum atomic E-state index is -0.209. The maximum atomic E-state index is 6.25. The molecule has 3 aromatic rings. The highest BCUT2D eigenvalue weighted by atomic mass is 16.3. The summed E-state index contributed by atoms with van der Waals surface area (Å²) in [6, 6.07) is 16.4. The van der Waals surface area contributed by atoms with Gasteiger partial charge >= 0.3 is 0 Å². The highest BCUT2D eigenvalue weighted by Crippen LogP contribution is 2.37. The number of anilines is 2. The minimum Gasteiger partial charge on any atom is -0.458 e. The maximum Gasteiger partial charge on any atom is 0.157 e. The number of hydrogen-bond donors (Lipinski definition) is 4. The molecule has 1 aromatic heterocycles. The molecule has 156 valence electrons. The Kier molecular flexibility index (Phi) is 4.59. The molecule has 2 aliphatic heterocycles. The molecule has 0 aliphatic carbocycles. The van der Waals surface area contributed by atoms with Crippen LogP contribution in [-0.4, -0.2) is 0 Å². The van der Waals surface area contributed by atoms with Gasteiger partial charge in [0.05, 0.1) is 0 Å². The zero-order chi connectivity index (χ0) is 21.5. The minimum absolute atomic E-state index is 0.188. The van der Waals surface area contributed by atoms with Crippen LogP contribution < -0.4 is 21.3 Å². The number of rotatable bonds is 4. The summed E-state index contributed by atoms with van der Waals surface area (Å²) < 4.78 is 6.25. The van der Waals surface area contributed by atoms with E-state index in [0.717, 1.165) is 57.4 Å². The van der Waals surface area contributed by atoms with Crippen LogP contribution in [0.15, 0.2) is 72.7 Å². The van der Waals surface area contributed by atoms with Gasteiger partial charge in [0.15, 0.2) is 12.3 Å². The molecule has 0 amide bonds. The van der Waals surface area contributed by atoms with Crippen molar-refractivity contribution in [1.82, 2.24) is 10.6 Å². The van der Waals surface area contributed by atoms with E-state index in [1.54, 1.807) is 0 Å². The summed E-state index contributed by atoms with van der Waals surface area (Å²) in [5.74, 6) is 1.58. The zero-order valence-electron chi connectivity index (χ0n) is 17.6. The number of nitrogens with one attached hydrogen (secondary N) is 4. The van der Waals surface area contributed by atoms with E-state index in [1.807, 2.05) is 36.4 Å². The predicted octanol–water partition coefficient (Wildman–Crippen LogP) is 5.85. The lowest BCUT2D eigenvalue weighted by atomic mass is 9.98. The van der Waals surface area contributed by atoms with Crippen molar-refractivity contribution in [2.24, 2.45) is 0 Å². The first-order valence-corrected chi connectivity index (χ1v) is 10.5. The Labute approximate surface area is 182 Å². The van der Waals surface area contributed by atoms with Crippen LogP contribution in [0.1, 0.15) is 53.0 Å². The third-order valence-electron chi connectivity index (χ3n) is 5.91. The summed E-state index contributed by atoms with van der Waals surface area (Å²) in [6.07, 6.45) is 2.40. The van der Waals surface area contributed by atoms with Crippen molar-refractivity contribution in [3.63, 3.8) is 0 Å². The van der Waals surface area contributed by atoms with Crippen molar-refractivity contribution in [3.05, 3.63) is 102 Å². The Bertz CT molecular complexity index is 1210. The van der Waals surface area contributed by atoms with Crippen molar-refractivity contribution in [3.8, 4) is 0 Å². The van der Waals surface area contributed by atoms with Gasteiger partial charge in [-0.3, -0.25) is 0 Å². The number of hydrogen-bond acceptors (Lipinski definition) is 5. The predicted molar refractivity (Wildman–Crippen MR) is 128 cm³/mol. The second-order valence-corrected chi connectivity index (χ2v) is 7.81. The van der Waals surface area contributed by atoms with Gasteiger partial charge < -0.3 is 25.7 Å². The summed E-state index contributed by atoms with van der Waals surface area (Å²) in [5, 5.41) is 13.9. The molecule has 0 spiro atoms. The highest BCUT2D eigenvalue weighted by molar-refractivity contribution is 5.83. The summed E-state index contributed by atoms with van der Waals surface area (Å²) in [5.41, 5.74) is 8.32. The van der Waals surface area contributed by atoms with Crippen LogP contribution in [0, 0.1) is 0 Å². The van der Waals surface area contributed by atoms with Crippen LogP contribution in [-0.2, 0) is 6.42 Å². The fourth-order valence-electron chi connectivity index (χ4n) is 4.41. The summed E-state index contributed by atoms with van der Waals surface area (Å²) in [6.45, 7) is 14.5. The Morgan fingerprint density at radius 2 is 1.39 bits per heavy atom. The quantitative estimate of drug-likeness (QED) is 0.434. The largest absolute Gasteiger partial charge is 0.458 e. The van der Waals surface area contributed by atoms with Gasteiger partial charge in [0, 0.05) is 33.9 Å². The molecule has 5 heteroatoms. The normalized spacial score (nSPS) is 19.3. The molecule has 0 fully saturated rings. The fraction of sp³-hybridized carbons (Fsp3) is 0.154. The zero-order valence-corrected chi connectivity index (χ0v) is 17.6. The smallest absolute Gasteiger partial charge is 0.157 e. The van der Waals surface area contributed by atoms with E-state index in [4.69, 9.17) is 4.42 Å². The Morgan fingerprint density at radius 1 is 0.806 bits per heavy atom. The molecule has 5 nitrogen and oxygen atoms in total. The van der Waals surface area contributed by atoms with Crippen molar-refractivity contribution in [2.75, 3.05) is 10.6 Å². The van der Waals surface area contributed by atoms with E-state index >= 15 is 0 Å². The summed E-state index contributed by atoms with van der Waals surface area (Å²) >= 11 is 0. The van der Waals surface area contributed by atoms with Gasteiger partial charge in [-0.1, -0.05) is 57.0 Å². The average Bonchev–Trinajstić information content (AvgIpc) is 3.28. The molecule has 0 saturated carbocycles. The van der Waals surface area contributed by atoms with Crippen molar-refractivity contribution < 1.29 is 4.42 Å². The van der Waals surface area contributed by atoms with E-state index in [0.29, 0.717) is 0 Å². The fourth-order valence-corrected chi connectivity index (χ4v) is 4.41. The van der Waals surface area contributed by atoms with Gasteiger partial charge in [-0.15, -0.1) is 0 Å². The topological polar surface area (TPSA) is 61.3 Å². The van der Waals surface area contributed by atoms with Gasteiger partial charge in [0.25, 0.3) is 0 Å². The molecule has 2 unspecified atom stereocenters. The molecule has 4 N–H and O–H groups in total. The van der Waals surface area contributed by atoms with Crippen LogP contribution >= 0.6 is 0 Å². The van der Waals surface area contributed by atoms with Gasteiger partial charge in [-0.05, 0) is 41.8 Å². The molecule has 2 aliphatic rings. The monoisotopic (exact) mass is 410 g/mol. The molecular formula is C26H26N4O. The second-order valence-electron chi connectivity index (χ2n) is 7.81.